The Kier molecular flexibility index (Phi) is 5.20. The number of aryl methyl sites for hydroxylation is 1. The van der Waals surface area contributed by atoms with Crippen molar-refractivity contribution in [1.82, 2.24) is 15.0 Å². The van der Waals surface area contributed by atoms with Gasteiger partial charge in [-0.05, 0) is 62.1 Å². The molecule has 0 saturated carbocycles. The molecule has 2 amide bonds. The van der Waals surface area contributed by atoms with Crippen LogP contribution in [0.3, 0.4) is 0 Å². The third-order valence-electron chi connectivity index (χ3n) is 7.21. The summed E-state index contributed by atoms with van der Waals surface area (Å²) in [4.78, 5) is 30.3. The topological polar surface area (TPSA) is 75.9 Å². The second kappa shape index (κ2) is 8.02. The zero-order valence-electron chi connectivity index (χ0n) is 18.1. The van der Waals surface area contributed by atoms with Gasteiger partial charge in [-0.15, -0.1) is 0 Å². The Morgan fingerprint density at radius 2 is 2.10 bits per heavy atom. The molecule has 31 heavy (non-hydrogen) atoms. The minimum Gasteiger partial charge on any atom is -0.497 e. The quantitative estimate of drug-likeness (QED) is 0.755. The molecule has 0 aliphatic carbocycles. The molecule has 164 valence electrons. The molecule has 3 aliphatic rings. The van der Waals surface area contributed by atoms with E-state index in [1.807, 2.05) is 17.0 Å². The minimum absolute atomic E-state index is 0.0673. The molecule has 7 nitrogen and oxygen atoms in total. The lowest BCUT2D eigenvalue weighted by molar-refractivity contribution is -0.151. The summed E-state index contributed by atoms with van der Waals surface area (Å²) >= 11 is 0. The number of fused-ring (bicyclic) bond motifs is 4. The number of amides is 2. The van der Waals surface area contributed by atoms with Crippen LogP contribution in [0.2, 0.25) is 0 Å². The van der Waals surface area contributed by atoms with Gasteiger partial charge in [0.2, 0.25) is 5.91 Å². The molecule has 3 aliphatic heterocycles. The molecule has 2 bridgehead atoms. The lowest BCUT2D eigenvalue weighted by Gasteiger charge is -2.56. The Bertz CT molecular complexity index is 987. The van der Waals surface area contributed by atoms with Gasteiger partial charge in [0.05, 0.1) is 7.11 Å². The summed E-state index contributed by atoms with van der Waals surface area (Å²) in [5.41, 5.74) is 1.54. The van der Waals surface area contributed by atoms with Crippen LogP contribution in [0, 0.1) is 18.8 Å². The molecule has 0 spiro atoms. The largest absolute Gasteiger partial charge is 0.497 e. The maximum atomic E-state index is 13.1. The van der Waals surface area contributed by atoms with Crippen molar-refractivity contribution in [3.63, 3.8) is 0 Å². The average molecular weight is 424 g/mol. The van der Waals surface area contributed by atoms with Gasteiger partial charge < -0.3 is 19.1 Å². The minimum atomic E-state index is -0.0673. The van der Waals surface area contributed by atoms with E-state index in [0.717, 1.165) is 37.0 Å². The molecule has 5 rings (SSSR count). The third-order valence-corrected chi connectivity index (χ3v) is 7.21. The van der Waals surface area contributed by atoms with Gasteiger partial charge in [0.1, 0.15) is 11.5 Å². The van der Waals surface area contributed by atoms with Crippen molar-refractivity contribution in [1.29, 1.82) is 0 Å². The summed E-state index contributed by atoms with van der Waals surface area (Å²) in [5.74, 6) is 2.24. The van der Waals surface area contributed by atoms with E-state index in [0.29, 0.717) is 36.9 Å². The van der Waals surface area contributed by atoms with E-state index < -0.39 is 0 Å². The summed E-state index contributed by atoms with van der Waals surface area (Å²) in [6.45, 7) is 3.12. The number of aromatic nitrogens is 1. The molecule has 7 heteroatoms. The highest BCUT2D eigenvalue weighted by Crippen LogP contribution is 2.43. The third kappa shape index (κ3) is 3.70. The van der Waals surface area contributed by atoms with Gasteiger partial charge in [-0.25, -0.2) is 0 Å². The van der Waals surface area contributed by atoms with Crippen LogP contribution in [0.4, 0.5) is 0 Å². The fourth-order valence-electron chi connectivity index (χ4n) is 5.87. The van der Waals surface area contributed by atoms with Crippen molar-refractivity contribution >= 4 is 11.8 Å². The Morgan fingerprint density at radius 3 is 2.87 bits per heavy atom. The predicted molar refractivity (Wildman–Crippen MR) is 114 cm³/mol. The summed E-state index contributed by atoms with van der Waals surface area (Å²) in [7, 11) is 1.67. The number of ether oxygens (including phenoxy) is 1. The molecule has 4 atom stereocenters. The number of nitrogens with zero attached hydrogens (tertiary/aromatic N) is 3. The maximum absolute atomic E-state index is 13.1. The van der Waals surface area contributed by atoms with Gasteiger partial charge in [-0.3, -0.25) is 9.59 Å². The number of piperidine rings is 3. The molecule has 3 saturated heterocycles. The number of rotatable bonds is 4. The summed E-state index contributed by atoms with van der Waals surface area (Å²) in [6, 6.07) is 10.1. The lowest BCUT2D eigenvalue weighted by atomic mass is 9.70. The smallest absolute Gasteiger partial charge is 0.276 e. The highest BCUT2D eigenvalue weighted by Gasteiger charge is 2.50. The molecule has 4 heterocycles. The summed E-state index contributed by atoms with van der Waals surface area (Å²) in [5, 5.41) is 3.94. The van der Waals surface area contributed by atoms with Crippen LogP contribution in [-0.2, 0) is 11.2 Å². The van der Waals surface area contributed by atoms with Crippen LogP contribution in [0.25, 0.3) is 0 Å². The monoisotopic (exact) mass is 423 g/mol. The number of hydrogen-bond donors (Lipinski definition) is 0. The predicted octanol–water partition coefficient (Wildman–Crippen LogP) is 3.08. The van der Waals surface area contributed by atoms with Crippen LogP contribution in [0.1, 0.15) is 47.5 Å². The molecule has 1 aromatic carbocycles. The first-order valence-electron chi connectivity index (χ1n) is 11.2. The van der Waals surface area contributed by atoms with Gasteiger partial charge >= 0.3 is 0 Å². The van der Waals surface area contributed by atoms with E-state index in [1.165, 1.54) is 0 Å². The SMILES string of the molecule is COc1cccc(C[C@H]2[C@H]3C[C@H](CN(C(=O)c4cc(C)on4)C3)[C@@H]3CCCC(=O)N32)c1. The van der Waals surface area contributed by atoms with Crippen LogP contribution in [-0.4, -0.2) is 59.1 Å². The molecule has 0 unspecified atom stereocenters. The highest BCUT2D eigenvalue weighted by atomic mass is 16.5. The number of carbonyl (C=O) groups excluding carboxylic acids is 2. The van der Waals surface area contributed by atoms with Crippen molar-refractivity contribution in [3.8, 4) is 5.75 Å². The number of benzene rings is 1. The summed E-state index contributed by atoms with van der Waals surface area (Å²) in [6.07, 6.45) is 4.42. The van der Waals surface area contributed by atoms with Crippen LogP contribution >= 0.6 is 0 Å². The molecular weight excluding hydrogens is 394 g/mol. The Morgan fingerprint density at radius 1 is 1.26 bits per heavy atom. The first-order chi connectivity index (χ1) is 15.0. The number of likely N-dealkylation sites (tertiary alicyclic amines) is 1. The maximum Gasteiger partial charge on any atom is 0.276 e. The first kappa shape index (κ1) is 20.1. The van der Waals surface area contributed by atoms with Gasteiger partial charge in [0, 0.05) is 37.7 Å². The van der Waals surface area contributed by atoms with Crippen LogP contribution in [0.5, 0.6) is 5.75 Å². The van der Waals surface area contributed by atoms with Gasteiger partial charge in [0.25, 0.3) is 5.91 Å². The Balaban J connectivity index is 1.44. The lowest BCUT2D eigenvalue weighted by Crippen LogP contribution is -2.66. The number of methoxy groups -OCH3 is 1. The van der Waals surface area contributed by atoms with Crippen molar-refractivity contribution < 1.29 is 18.8 Å². The second-order valence-electron chi connectivity index (χ2n) is 9.17. The zero-order chi connectivity index (χ0) is 21.5. The van der Waals surface area contributed by atoms with Crippen molar-refractivity contribution in [2.24, 2.45) is 11.8 Å². The van der Waals surface area contributed by atoms with E-state index in [1.54, 1.807) is 20.1 Å². The zero-order valence-corrected chi connectivity index (χ0v) is 18.1. The van der Waals surface area contributed by atoms with Gasteiger partial charge in [0.15, 0.2) is 5.69 Å². The Labute approximate surface area is 182 Å². The number of carbonyl (C=O) groups is 2. The molecule has 0 radical (unpaired) electrons. The average Bonchev–Trinajstić information content (AvgIpc) is 3.22. The van der Waals surface area contributed by atoms with Gasteiger partial charge in [-0.2, -0.15) is 0 Å². The molecule has 0 N–H and O–H groups in total. The van der Waals surface area contributed by atoms with Crippen molar-refractivity contribution in [2.45, 2.75) is 51.1 Å². The van der Waals surface area contributed by atoms with E-state index in [9.17, 15) is 9.59 Å². The van der Waals surface area contributed by atoms with E-state index in [-0.39, 0.29) is 29.8 Å². The van der Waals surface area contributed by atoms with E-state index in [4.69, 9.17) is 9.26 Å². The van der Waals surface area contributed by atoms with Crippen molar-refractivity contribution in [2.75, 3.05) is 20.2 Å². The number of hydrogen-bond acceptors (Lipinski definition) is 5. The van der Waals surface area contributed by atoms with Crippen LogP contribution in [0.15, 0.2) is 34.9 Å². The fraction of sp³-hybridized carbons (Fsp3) is 0.542. The van der Waals surface area contributed by atoms with E-state index in [2.05, 4.69) is 22.2 Å². The van der Waals surface area contributed by atoms with E-state index >= 15 is 0 Å². The van der Waals surface area contributed by atoms with Crippen molar-refractivity contribution in [3.05, 3.63) is 47.3 Å². The van der Waals surface area contributed by atoms with Gasteiger partial charge in [-0.1, -0.05) is 17.3 Å². The normalized spacial score (nSPS) is 27.7. The standard InChI is InChI=1S/C24H29N3O4/c1-15-9-20(25-31-15)24(29)26-13-17-12-18(14-26)22(27-21(17)7-4-8-23(27)28)11-16-5-3-6-19(10-16)30-2/h3,5-6,9-10,17-18,21-22H,4,7-8,11-14H2,1-2H3/t17-,18+,21+,22+/m1/s1. The molecule has 3 fully saturated rings. The first-order valence-corrected chi connectivity index (χ1v) is 11.2. The highest BCUT2D eigenvalue weighted by molar-refractivity contribution is 5.92. The molecule has 2 aromatic rings. The van der Waals surface area contributed by atoms with Crippen LogP contribution < -0.4 is 4.74 Å². The molecule has 1 aromatic heterocycles. The second-order valence-corrected chi connectivity index (χ2v) is 9.17. The fourth-order valence-corrected chi connectivity index (χ4v) is 5.87. The molecular formula is C24H29N3O4. The Hall–Kier alpha value is -2.83. The summed E-state index contributed by atoms with van der Waals surface area (Å²) < 4.78 is 10.5.